The summed E-state index contributed by atoms with van der Waals surface area (Å²) >= 11 is 0. The van der Waals surface area contributed by atoms with Gasteiger partial charge in [-0.05, 0) is 0 Å². The Labute approximate surface area is 42.3 Å². The molecular weight excluding hydrogens is 127 g/mol. The van der Waals surface area contributed by atoms with Crippen molar-refractivity contribution in [2.75, 3.05) is 0 Å². The van der Waals surface area contributed by atoms with Crippen molar-refractivity contribution in [2.24, 2.45) is 0 Å². The Hall–Kier alpha value is -0.810. The van der Waals surface area contributed by atoms with Crippen LogP contribution in [-0.2, 0) is 0 Å². The quantitative estimate of drug-likeness (QED) is 0.314. The maximum absolute atomic E-state index is 11.2. The molecule has 0 aliphatic heterocycles. The zero-order chi connectivity index (χ0) is 6.73. The zero-order valence-corrected chi connectivity index (χ0v) is 3.55. The van der Waals surface area contributed by atoms with Gasteiger partial charge in [0.15, 0.2) is 0 Å². The van der Waals surface area contributed by atoms with Crippen molar-refractivity contribution in [3.63, 3.8) is 0 Å². The van der Waals surface area contributed by atoms with Gasteiger partial charge in [-0.3, -0.25) is 10.1 Å². The molecule has 0 bridgehead atoms. The van der Waals surface area contributed by atoms with Crippen LogP contribution < -0.4 is 0 Å². The molecule has 8 heavy (non-hydrogen) atoms. The van der Waals surface area contributed by atoms with Crippen molar-refractivity contribution < 1.29 is 18.1 Å². The maximum atomic E-state index is 11.2. The topological polar surface area (TPSA) is 43.1 Å². The van der Waals surface area contributed by atoms with Crippen molar-refractivity contribution in [1.82, 2.24) is 0 Å². The van der Waals surface area contributed by atoms with Gasteiger partial charge in [-0.25, -0.2) is 0 Å². The van der Waals surface area contributed by atoms with Gasteiger partial charge in [0, 0.05) is 0 Å². The Morgan fingerprint density at radius 1 is 1.38 bits per heavy atom. The van der Waals surface area contributed by atoms with Crippen LogP contribution in [0.15, 0.2) is 0 Å². The molecule has 0 aromatic heterocycles. The smallest absolute Gasteiger partial charge is 0.261 e. The highest BCUT2D eigenvalue weighted by atomic mass is 19.3. The highest BCUT2D eigenvalue weighted by Gasteiger charge is 2.29. The number of nitrogens with zero attached hydrogens (tertiary/aromatic N) is 1. The highest BCUT2D eigenvalue weighted by molar-refractivity contribution is 4.38. The fraction of sp³-hybridized carbons (Fsp3) is 1.00. The molecule has 6 heteroatoms. The van der Waals surface area contributed by atoms with E-state index in [1.807, 2.05) is 0 Å². The summed E-state index contributed by atoms with van der Waals surface area (Å²) in [5.41, 5.74) is 0. The molecule has 0 spiro atoms. The number of hydrogen-bond donors (Lipinski definition) is 0. The summed E-state index contributed by atoms with van der Waals surface area (Å²) in [4.78, 5) is 7.42. The minimum atomic E-state index is -3.52. The lowest BCUT2D eigenvalue weighted by Gasteiger charge is -1.94. The van der Waals surface area contributed by atoms with E-state index in [0.717, 1.165) is 0 Å². The number of halogens is 3. The van der Waals surface area contributed by atoms with Gasteiger partial charge in [-0.2, -0.15) is 13.2 Å². The first kappa shape index (κ1) is 7.19. The maximum Gasteiger partial charge on any atom is 0.408 e. The molecule has 1 unspecified atom stereocenters. The summed E-state index contributed by atoms with van der Waals surface area (Å²) in [6.45, 7) is 0. The summed E-state index contributed by atoms with van der Waals surface area (Å²) in [7, 11) is 0. The number of nitro groups is 1. The van der Waals surface area contributed by atoms with Crippen molar-refractivity contribution in [3.8, 4) is 0 Å². The summed E-state index contributed by atoms with van der Waals surface area (Å²) in [6.07, 6.45) is -6.76. The van der Waals surface area contributed by atoms with Crippen molar-refractivity contribution >= 4 is 0 Å². The lowest BCUT2D eigenvalue weighted by atomic mass is 10.7. The van der Waals surface area contributed by atoms with Crippen LogP contribution in [0.2, 0.25) is 0 Å². The zero-order valence-electron chi connectivity index (χ0n) is 3.55. The molecule has 0 aliphatic carbocycles. The Balaban J connectivity index is 3.64. The van der Waals surface area contributed by atoms with Crippen LogP contribution >= 0.6 is 0 Å². The second-order valence-corrected chi connectivity index (χ2v) is 0.992. The second-order valence-electron chi connectivity index (χ2n) is 0.992. The van der Waals surface area contributed by atoms with E-state index in [0.29, 0.717) is 0 Å². The average molecular weight is 129 g/mol. The van der Waals surface area contributed by atoms with Crippen molar-refractivity contribution in [1.29, 1.82) is 0 Å². The van der Waals surface area contributed by atoms with Gasteiger partial charge >= 0.3 is 12.7 Å². The Bertz CT molecular complexity index is 95.3. The SMILES string of the molecule is O=[N+]([O-])C(F)C(F)F. The fourth-order valence-corrected chi connectivity index (χ4v) is 0.0920. The molecule has 0 radical (unpaired) electrons. The predicted molar refractivity (Wildman–Crippen MR) is 17.9 cm³/mol. The molecule has 0 fully saturated rings. The molecule has 0 aromatic carbocycles. The van der Waals surface area contributed by atoms with E-state index in [1.165, 1.54) is 0 Å². The molecule has 48 valence electrons. The molecule has 3 nitrogen and oxygen atoms in total. The molecule has 0 N–H and O–H groups in total. The third-order valence-electron chi connectivity index (χ3n) is 0.409. The summed E-state index contributed by atoms with van der Waals surface area (Å²) < 4.78 is 32.9. The van der Waals surface area contributed by atoms with Crippen LogP contribution in [0.3, 0.4) is 0 Å². The van der Waals surface area contributed by atoms with Crippen LogP contribution in [0, 0.1) is 10.1 Å². The van der Waals surface area contributed by atoms with Crippen molar-refractivity contribution in [3.05, 3.63) is 10.1 Å². The molecule has 0 saturated heterocycles. The standard InChI is InChI=1S/C2H2F3NO2/c3-1(4)2(5)6(7)8/h1-2H. The molecule has 1 atom stereocenters. The van der Waals surface area contributed by atoms with Crippen LogP contribution in [0.25, 0.3) is 0 Å². The van der Waals surface area contributed by atoms with Gasteiger partial charge < -0.3 is 0 Å². The van der Waals surface area contributed by atoms with E-state index in [9.17, 15) is 13.2 Å². The first-order chi connectivity index (χ1) is 3.55. The third-order valence-corrected chi connectivity index (χ3v) is 0.409. The van der Waals surface area contributed by atoms with E-state index in [1.54, 1.807) is 0 Å². The van der Waals surface area contributed by atoms with Crippen LogP contribution in [0.5, 0.6) is 0 Å². The molecule has 0 heterocycles. The highest BCUT2D eigenvalue weighted by Crippen LogP contribution is 2.04. The molecule has 0 amide bonds. The number of alkyl halides is 3. The Morgan fingerprint density at radius 3 is 1.75 bits per heavy atom. The third kappa shape index (κ3) is 1.76. The summed E-state index contributed by atoms with van der Waals surface area (Å²) in [5.74, 6) is 0. The monoisotopic (exact) mass is 129 g/mol. The van der Waals surface area contributed by atoms with E-state index in [4.69, 9.17) is 10.1 Å². The van der Waals surface area contributed by atoms with E-state index in [-0.39, 0.29) is 0 Å². The van der Waals surface area contributed by atoms with Crippen LogP contribution in [-0.4, -0.2) is 17.6 Å². The van der Waals surface area contributed by atoms with Gasteiger partial charge in [0.1, 0.15) is 0 Å². The fourth-order valence-electron chi connectivity index (χ4n) is 0.0920. The molecule has 0 aliphatic rings. The minimum Gasteiger partial charge on any atom is -0.261 e. The van der Waals surface area contributed by atoms with E-state index in [2.05, 4.69) is 0 Å². The second kappa shape index (κ2) is 2.49. The molecule has 0 rings (SSSR count). The molecule has 0 saturated carbocycles. The predicted octanol–water partition coefficient (Wildman–Crippen LogP) is 0.824. The normalized spacial score (nSPS) is 14.0. The number of hydrogen-bond acceptors (Lipinski definition) is 2. The van der Waals surface area contributed by atoms with E-state index < -0.39 is 17.6 Å². The average Bonchev–Trinajstić information content (AvgIpc) is 1.64. The van der Waals surface area contributed by atoms with Crippen LogP contribution in [0.4, 0.5) is 13.2 Å². The minimum absolute atomic E-state index is 1.68. The van der Waals surface area contributed by atoms with Crippen LogP contribution in [0.1, 0.15) is 0 Å². The lowest BCUT2D eigenvalue weighted by Crippen LogP contribution is -2.21. The first-order valence-electron chi connectivity index (χ1n) is 1.61. The summed E-state index contributed by atoms with van der Waals surface area (Å²) in [5, 5.41) is 9.09. The van der Waals surface area contributed by atoms with Gasteiger partial charge in [-0.15, -0.1) is 0 Å². The first-order valence-corrected chi connectivity index (χ1v) is 1.61. The Morgan fingerprint density at radius 2 is 1.75 bits per heavy atom. The lowest BCUT2D eigenvalue weighted by molar-refractivity contribution is -0.569. The van der Waals surface area contributed by atoms with Crippen molar-refractivity contribution in [2.45, 2.75) is 12.7 Å². The van der Waals surface area contributed by atoms with Gasteiger partial charge in [-0.1, -0.05) is 0 Å². The van der Waals surface area contributed by atoms with Gasteiger partial charge in [0.25, 0.3) is 0 Å². The summed E-state index contributed by atoms with van der Waals surface area (Å²) in [6, 6.07) is 0. The number of rotatable bonds is 2. The molecular formula is C2H2F3NO2. The van der Waals surface area contributed by atoms with Gasteiger partial charge in [0.05, 0.1) is 4.92 Å². The largest absolute Gasteiger partial charge is 0.408 e. The van der Waals surface area contributed by atoms with E-state index >= 15 is 0 Å². The van der Waals surface area contributed by atoms with Gasteiger partial charge in [0.2, 0.25) is 0 Å². The Kier molecular flexibility index (Phi) is 2.23. The molecule has 0 aromatic rings.